The first kappa shape index (κ1) is 29.4. The monoisotopic (exact) mass is 515 g/mol. The quantitative estimate of drug-likeness (QED) is 0.321. The molecule has 184 valence electrons. The summed E-state index contributed by atoms with van der Waals surface area (Å²) in [7, 11) is 0. The van der Waals surface area contributed by atoms with Crippen LogP contribution in [0.2, 0.25) is 0 Å². The molecule has 0 spiro atoms. The maximum absolute atomic E-state index is 12.4. The Hall–Kier alpha value is -1.64. The summed E-state index contributed by atoms with van der Waals surface area (Å²) >= 11 is 8.36. The molecular formula is C22H33N3O5S3. The van der Waals surface area contributed by atoms with Gasteiger partial charge >= 0.3 is 5.97 Å². The number of thiocarbonyl (C=S) groups is 1. The Kier molecular flexibility index (Phi) is 10.4. The van der Waals surface area contributed by atoms with Crippen LogP contribution in [0.15, 0.2) is 0 Å². The standard InChI is InChI=1S/C22H33N3O5S3/c1-7-32-19(31)33-21(4,5)14(18(24)29)12-20(2,3)22(6,13-23)11-10-17(28)30-25-15(26)8-9-16(25)27/h14H,7-12H2,1-6H3,(H2,24,29). The highest BCUT2D eigenvalue weighted by Gasteiger charge is 2.47. The third kappa shape index (κ3) is 7.69. The molecule has 1 rings (SSSR count). The Labute approximate surface area is 209 Å². The van der Waals surface area contributed by atoms with E-state index in [1.54, 1.807) is 6.92 Å². The summed E-state index contributed by atoms with van der Waals surface area (Å²) < 4.78 is 0.136. The lowest BCUT2D eigenvalue weighted by Gasteiger charge is -2.44. The van der Waals surface area contributed by atoms with Crippen molar-refractivity contribution in [1.29, 1.82) is 5.26 Å². The van der Waals surface area contributed by atoms with Gasteiger partial charge in [-0.15, -0.1) is 28.6 Å². The molecule has 0 aromatic rings. The number of hydroxylamine groups is 2. The number of primary amides is 1. The van der Waals surface area contributed by atoms with Crippen molar-refractivity contribution in [1.82, 2.24) is 5.06 Å². The minimum absolute atomic E-state index is 0.0115. The number of amides is 3. The second-order valence-corrected chi connectivity index (χ2v) is 13.5. The highest BCUT2D eigenvalue weighted by Crippen LogP contribution is 2.50. The van der Waals surface area contributed by atoms with E-state index in [0.717, 1.165) is 9.28 Å². The van der Waals surface area contributed by atoms with Crippen LogP contribution < -0.4 is 5.73 Å². The SMILES string of the molecule is CCSC(=S)SC(C)(C)C(CC(C)(C)C(C)(C#N)CCC(=O)ON1C(=O)CCC1=O)C(N)=O. The number of hydrogen-bond donors (Lipinski definition) is 1. The van der Waals surface area contributed by atoms with Crippen molar-refractivity contribution in [2.24, 2.45) is 22.5 Å². The fourth-order valence-electron chi connectivity index (χ4n) is 3.56. The molecule has 0 aliphatic carbocycles. The molecule has 1 aliphatic heterocycles. The zero-order chi connectivity index (χ0) is 25.6. The summed E-state index contributed by atoms with van der Waals surface area (Å²) in [5.41, 5.74) is 4.05. The third-order valence-electron chi connectivity index (χ3n) is 6.27. The van der Waals surface area contributed by atoms with Crippen LogP contribution in [0, 0.1) is 28.1 Å². The van der Waals surface area contributed by atoms with Gasteiger partial charge in [0.25, 0.3) is 11.8 Å². The maximum Gasteiger partial charge on any atom is 0.333 e. The number of nitrogens with zero attached hydrogens (tertiary/aromatic N) is 2. The summed E-state index contributed by atoms with van der Waals surface area (Å²) in [5.74, 6) is -2.10. The van der Waals surface area contributed by atoms with Crippen molar-refractivity contribution in [3.05, 3.63) is 0 Å². The van der Waals surface area contributed by atoms with Gasteiger partial charge in [-0.25, -0.2) is 4.79 Å². The second kappa shape index (κ2) is 11.7. The summed E-state index contributed by atoms with van der Waals surface area (Å²) in [5, 5.41) is 10.5. The number of nitrogens with two attached hydrogens (primary N) is 1. The van der Waals surface area contributed by atoms with E-state index in [-0.39, 0.29) is 25.7 Å². The zero-order valence-electron chi connectivity index (χ0n) is 20.1. The summed E-state index contributed by atoms with van der Waals surface area (Å²) in [6.45, 7) is 11.3. The van der Waals surface area contributed by atoms with E-state index in [1.165, 1.54) is 23.5 Å². The maximum atomic E-state index is 12.4. The Bertz CT molecular complexity index is 837. The Morgan fingerprint density at radius 2 is 1.76 bits per heavy atom. The molecule has 33 heavy (non-hydrogen) atoms. The minimum Gasteiger partial charge on any atom is -0.369 e. The van der Waals surface area contributed by atoms with Gasteiger partial charge in [-0.05, 0) is 44.8 Å². The first-order valence-electron chi connectivity index (χ1n) is 10.7. The van der Waals surface area contributed by atoms with Crippen LogP contribution in [0.4, 0.5) is 0 Å². The highest BCUT2D eigenvalue weighted by molar-refractivity contribution is 8.47. The van der Waals surface area contributed by atoms with Crippen molar-refractivity contribution in [3.63, 3.8) is 0 Å². The zero-order valence-corrected chi connectivity index (χ0v) is 22.5. The van der Waals surface area contributed by atoms with Gasteiger partial charge in [0.1, 0.15) is 3.53 Å². The van der Waals surface area contributed by atoms with Crippen molar-refractivity contribution < 1.29 is 24.0 Å². The molecule has 3 amide bonds. The van der Waals surface area contributed by atoms with Crippen LogP contribution in [0.1, 0.15) is 73.6 Å². The molecule has 1 saturated heterocycles. The van der Waals surface area contributed by atoms with Crippen LogP contribution in [0.3, 0.4) is 0 Å². The average Bonchev–Trinajstić information content (AvgIpc) is 3.01. The van der Waals surface area contributed by atoms with Crippen molar-refractivity contribution >= 4 is 63.0 Å². The van der Waals surface area contributed by atoms with Gasteiger partial charge in [-0.2, -0.15) is 5.26 Å². The number of nitriles is 1. The topological polar surface area (TPSA) is 131 Å². The highest BCUT2D eigenvalue weighted by atomic mass is 32.2. The van der Waals surface area contributed by atoms with Gasteiger partial charge in [-0.3, -0.25) is 14.4 Å². The van der Waals surface area contributed by atoms with Crippen LogP contribution in [0.25, 0.3) is 0 Å². The third-order valence-corrected chi connectivity index (χ3v) is 8.98. The number of imide groups is 1. The van der Waals surface area contributed by atoms with Gasteiger partial charge in [0.05, 0.1) is 17.4 Å². The molecule has 0 aromatic carbocycles. The fraction of sp³-hybridized carbons (Fsp3) is 0.727. The normalized spacial score (nSPS) is 17.3. The van der Waals surface area contributed by atoms with Gasteiger partial charge in [0.2, 0.25) is 5.91 Å². The van der Waals surface area contributed by atoms with Gasteiger partial charge in [0.15, 0.2) is 0 Å². The lowest BCUT2D eigenvalue weighted by Crippen LogP contribution is -2.45. The molecule has 2 N–H and O–H groups in total. The van der Waals surface area contributed by atoms with E-state index in [0.29, 0.717) is 11.5 Å². The molecule has 8 nitrogen and oxygen atoms in total. The van der Waals surface area contributed by atoms with E-state index in [1.807, 2.05) is 34.6 Å². The van der Waals surface area contributed by atoms with E-state index in [2.05, 4.69) is 6.07 Å². The Morgan fingerprint density at radius 1 is 1.21 bits per heavy atom. The van der Waals surface area contributed by atoms with Gasteiger partial charge in [0, 0.05) is 24.0 Å². The molecular weight excluding hydrogens is 482 g/mol. The lowest BCUT2D eigenvalue weighted by molar-refractivity contribution is -0.197. The van der Waals surface area contributed by atoms with Crippen molar-refractivity contribution in [2.75, 3.05) is 5.75 Å². The van der Waals surface area contributed by atoms with Crippen LogP contribution >= 0.6 is 35.7 Å². The number of carbonyl (C=O) groups excluding carboxylic acids is 4. The Balaban J connectivity index is 2.95. The molecule has 2 atom stereocenters. The molecule has 1 aliphatic rings. The first-order valence-corrected chi connectivity index (χ1v) is 12.9. The van der Waals surface area contributed by atoms with Crippen LogP contribution in [0.5, 0.6) is 0 Å². The van der Waals surface area contributed by atoms with E-state index in [9.17, 15) is 24.4 Å². The van der Waals surface area contributed by atoms with Crippen LogP contribution in [-0.4, -0.2) is 42.8 Å². The molecule has 1 heterocycles. The van der Waals surface area contributed by atoms with Crippen LogP contribution in [-0.2, 0) is 24.0 Å². The minimum atomic E-state index is -1.02. The molecule has 11 heteroatoms. The van der Waals surface area contributed by atoms with Gasteiger partial charge in [-0.1, -0.05) is 33.0 Å². The molecule has 2 unspecified atom stereocenters. The van der Waals surface area contributed by atoms with E-state index < -0.39 is 45.2 Å². The molecule has 0 aromatic heterocycles. The number of rotatable bonds is 11. The number of carbonyl (C=O) groups is 4. The summed E-state index contributed by atoms with van der Waals surface area (Å²) in [6.07, 6.45) is 0.287. The average molecular weight is 516 g/mol. The number of thioether (sulfide) groups is 2. The second-order valence-electron chi connectivity index (χ2n) is 9.42. The lowest BCUT2D eigenvalue weighted by atomic mass is 9.60. The van der Waals surface area contributed by atoms with E-state index >= 15 is 0 Å². The van der Waals surface area contributed by atoms with Crippen molar-refractivity contribution in [2.45, 2.75) is 78.4 Å². The Morgan fingerprint density at radius 3 is 2.21 bits per heavy atom. The first-order chi connectivity index (χ1) is 15.1. The fourth-order valence-corrected chi connectivity index (χ4v) is 6.80. The molecule has 0 saturated carbocycles. The summed E-state index contributed by atoms with van der Waals surface area (Å²) in [6, 6.07) is 2.30. The molecule has 1 fully saturated rings. The largest absolute Gasteiger partial charge is 0.369 e. The smallest absolute Gasteiger partial charge is 0.333 e. The van der Waals surface area contributed by atoms with E-state index in [4.69, 9.17) is 22.8 Å². The summed E-state index contributed by atoms with van der Waals surface area (Å²) in [4.78, 5) is 52.9. The predicted octanol–water partition coefficient (Wildman–Crippen LogP) is 3.97. The predicted molar refractivity (Wildman–Crippen MR) is 134 cm³/mol. The van der Waals surface area contributed by atoms with Crippen molar-refractivity contribution in [3.8, 4) is 6.07 Å². The molecule has 0 bridgehead atoms. The molecule has 0 radical (unpaired) electrons. The number of hydrogen-bond acceptors (Lipinski definition) is 9. The van der Waals surface area contributed by atoms with Gasteiger partial charge < -0.3 is 10.6 Å².